The van der Waals surface area contributed by atoms with Crippen molar-refractivity contribution in [1.82, 2.24) is 15.0 Å². The molecule has 0 aliphatic carbocycles. The smallest absolute Gasteiger partial charge is 0.164 e. The Balaban J connectivity index is 1.19. The molecule has 0 bridgehead atoms. The van der Waals surface area contributed by atoms with Crippen LogP contribution in [0.25, 0.3) is 99.5 Å². The normalized spacial score (nSPS) is 11.7. The molecule has 10 rings (SSSR count). The third-order valence-electron chi connectivity index (χ3n) is 9.47. The predicted octanol–water partition coefficient (Wildman–Crippen LogP) is 11.9. The van der Waals surface area contributed by atoms with E-state index < -0.39 is 0 Å². The van der Waals surface area contributed by atoms with Gasteiger partial charge in [0.15, 0.2) is 17.5 Å². The number of fused-ring (bicyclic) bond motifs is 7. The van der Waals surface area contributed by atoms with E-state index in [1.54, 1.807) is 0 Å². The number of benzene rings is 8. The van der Waals surface area contributed by atoms with Gasteiger partial charge in [0, 0.05) is 33.0 Å². The molecule has 0 aliphatic heterocycles. The lowest BCUT2D eigenvalue weighted by molar-refractivity contribution is 0.670. The Kier molecular flexibility index (Phi) is 6.15. The highest BCUT2D eigenvalue weighted by Crippen LogP contribution is 2.43. The summed E-state index contributed by atoms with van der Waals surface area (Å²) in [5.41, 5.74) is 6.70. The lowest BCUT2D eigenvalue weighted by atomic mass is 9.92. The van der Waals surface area contributed by atoms with Crippen LogP contribution in [0.1, 0.15) is 0 Å². The van der Waals surface area contributed by atoms with Gasteiger partial charge in [-0.1, -0.05) is 133 Å². The Morgan fingerprint density at radius 1 is 0.327 bits per heavy atom. The molecule has 10 aromatic rings. The number of hydrogen-bond donors (Lipinski definition) is 0. The Morgan fingerprint density at radius 2 is 0.878 bits per heavy atom. The van der Waals surface area contributed by atoms with Crippen molar-refractivity contribution in [1.29, 1.82) is 0 Å². The van der Waals surface area contributed by atoms with Gasteiger partial charge in [-0.25, -0.2) is 15.0 Å². The fraction of sp³-hybridized carbons (Fsp3) is 0. The molecule has 4 nitrogen and oxygen atoms in total. The largest absolute Gasteiger partial charge is 0.455 e. The second-order valence-electron chi connectivity index (χ2n) is 12.4. The summed E-state index contributed by atoms with van der Waals surface area (Å²) in [6.45, 7) is 0. The van der Waals surface area contributed by atoms with E-state index in [9.17, 15) is 0 Å². The third-order valence-corrected chi connectivity index (χ3v) is 9.47. The Morgan fingerprint density at radius 3 is 1.61 bits per heavy atom. The molecule has 0 unspecified atom stereocenters. The fourth-order valence-corrected chi connectivity index (χ4v) is 7.11. The van der Waals surface area contributed by atoms with E-state index in [-0.39, 0.29) is 0 Å². The summed E-state index contributed by atoms with van der Waals surface area (Å²) in [5.74, 6) is 1.89. The minimum atomic E-state index is 0.617. The zero-order valence-corrected chi connectivity index (χ0v) is 26.3. The zero-order chi connectivity index (χ0) is 32.3. The van der Waals surface area contributed by atoms with Crippen LogP contribution in [-0.2, 0) is 0 Å². The lowest BCUT2D eigenvalue weighted by Gasteiger charge is -2.11. The van der Waals surface area contributed by atoms with Crippen molar-refractivity contribution in [3.05, 3.63) is 164 Å². The first-order valence-electron chi connectivity index (χ1n) is 16.4. The van der Waals surface area contributed by atoms with Gasteiger partial charge in [-0.2, -0.15) is 0 Å². The van der Waals surface area contributed by atoms with Crippen LogP contribution in [0.4, 0.5) is 0 Å². The second-order valence-corrected chi connectivity index (χ2v) is 12.4. The highest BCUT2D eigenvalue weighted by atomic mass is 16.3. The van der Waals surface area contributed by atoms with Crippen LogP contribution in [0.2, 0.25) is 0 Å². The van der Waals surface area contributed by atoms with Crippen LogP contribution < -0.4 is 0 Å². The van der Waals surface area contributed by atoms with Gasteiger partial charge >= 0.3 is 0 Å². The molecule has 0 atom stereocenters. The molecule has 0 fully saturated rings. The minimum absolute atomic E-state index is 0.617. The Hall–Kier alpha value is -6.65. The quantitative estimate of drug-likeness (QED) is 0.183. The van der Waals surface area contributed by atoms with Crippen LogP contribution in [0, 0.1) is 0 Å². The molecular weight excluding hydrogens is 599 g/mol. The number of furan rings is 1. The number of nitrogens with zero attached hydrogens (tertiary/aromatic N) is 3. The highest BCUT2D eigenvalue weighted by Gasteiger charge is 2.19. The van der Waals surface area contributed by atoms with Crippen molar-refractivity contribution in [3.63, 3.8) is 0 Å². The molecule has 2 heterocycles. The molecule has 0 aliphatic rings. The number of aromatic nitrogens is 3. The molecule has 0 amide bonds. The predicted molar refractivity (Wildman–Crippen MR) is 201 cm³/mol. The van der Waals surface area contributed by atoms with Gasteiger partial charge in [0.2, 0.25) is 0 Å². The Bertz CT molecular complexity index is 2820. The van der Waals surface area contributed by atoms with E-state index >= 15 is 0 Å². The summed E-state index contributed by atoms with van der Waals surface area (Å²) in [5, 5.41) is 9.35. The molecular formula is C45H27N3O. The van der Waals surface area contributed by atoms with Crippen LogP contribution in [0.5, 0.6) is 0 Å². The standard InChI is InChI=1S/C45H27N3O/c1-3-12-29(13-4-1)43-46-44(30-14-5-2-6-15-30)48-45(47-43)34-22-24-40-38(27-34)39-26-31-16-8-10-18-37(31)41(42(39)49-40)33-21-23-36-32(25-33)20-19-28-11-7-9-17-35(28)36/h1-27H. The van der Waals surface area contributed by atoms with E-state index in [2.05, 4.69) is 91.0 Å². The van der Waals surface area contributed by atoms with Crippen LogP contribution >= 0.6 is 0 Å². The minimum Gasteiger partial charge on any atom is -0.455 e. The maximum atomic E-state index is 6.75. The van der Waals surface area contributed by atoms with Crippen molar-refractivity contribution in [2.24, 2.45) is 0 Å². The van der Waals surface area contributed by atoms with Gasteiger partial charge in [0.05, 0.1) is 0 Å². The lowest BCUT2D eigenvalue weighted by Crippen LogP contribution is -2.00. The van der Waals surface area contributed by atoms with Crippen LogP contribution in [-0.4, -0.2) is 15.0 Å². The third kappa shape index (κ3) is 4.57. The van der Waals surface area contributed by atoms with Gasteiger partial charge in [-0.05, 0) is 68.2 Å². The van der Waals surface area contributed by atoms with E-state index in [0.717, 1.165) is 60.5 Å². The van der Waals surface area contributed by atoms with Crippen LogP contribution in [0.3, 0.4) is 0 Å². The van der Waals surface area contributed by atoms with Gasteiger partial charge in [0.1, 0.15) is 11.2 Å². The van der Waals surface area contributed by atoms with Gasteiger partial charge in [-0.15, -0.1) is 0 Å². The maximum absolute atomic E-state index is 6.75. The van der Waals surface area contributed by atoms with E-state index in [0.29, 0.717) is 17.5 Å². The highest BCUT2D eigenvalue weighted by molar-refractivity contribution is 6.19. The van der Waals surface area contributed by atoms with Crippen LogP contribution in [0.15, 0.2) is 168 Å². The molecule has 228 valence electrons. The van der Waals surface area contributed by atoms with Gasteiger partial charge in [-0.3, -0.25) is 0 Å². The first-order valence-corrected chi connectivity index (χ1v) is 16.4. The molecule has 0 saturated heterocycles. The summed E-state index contributed by atoms with van der Waals surface area (Å²) in [6, 6.07) is 57.0. The molecule has 0 saturated carbocycles. The molecule has 49 heavy (non-hydrogen) atoms. The average molecular weight is 626 g/mol. The van der Waals surface area contributed by atoms with Gasteiger partial charge in [0.25, 0.3) is 0 Å². The zero-order valence-electron chi connectivity index (χ0n) is 26.3. The Labute approximate surface area is 282 Å². The number of hydrogen-bond acceptors (Lipinski definition) is 4. The monoisotopic (exact) mass is 625 g/mol. The summed E-state index contributed by atoms with van der Waals surface area (Å²) < 4.78 is 6.75. The van der Waals surface area contributed by atoms with Crippen molar-refractivity contribution >= 4 is 54.3 Å². The average Bonchev–Trinajstić information content (AvgIpc) is 3.54. The first kappa shape index (κ1) is 27.5. The SMILES string of the molecule is c1ccc(-c2nc(-c3ccccc3)nc(-c3ccc4oc5c(-c6ccc7c(ccc8ccccc87)c6)c6ccccc6cc5c4c3)n2)cc1. The molecule has 0 spiro atoms. The van der Waals surface area contributed by atoms with E-state index in [1.165, 1.54) is 21.5 Å². The summed E-state index contributed by atoms with van der Waals surface area (Å²) in [7, 11) is 0. The second kappa shape index (κ2) is 11.0. The molecule has 2 aromatic heterocycles. The summed E-state index contributed by atoms with van der Waals surface area (Å²) in [6.07, 6.45) is 0. The van der Waals surface area contributed by atoms with Crippen molar-refractivity contribution in [2.45, 2.75) is 0 Å². The summed E-state index contributed by atoms with van der Waals surface area (Å²) in [4.78, 5) is 14.8. The summed E-state index contributed by atoms with van der Waals surface area (Å²) >= 11 is 0. The maximum Gasteiger partial charge on any atom is 0.164 e. The molecule has 8 aromatic carbocycles. The van der Waals surface area contributed by atoms with E-state index in [1.807, 2.05) is 72.8 Å². The van der Waals surface area contributed by atoms with Crippen molar-refractivity contribution in [2.75, 3.05) is 0 Å². The molecule has 4 heteroatoms. The van der Waals surface area contributed by atoms with Crippen molar-refractivity contribution in [3.8, 4) is 45.3 Å². The fourth-order valence-electron chi connectivity index (χ4n) is 7.11. The topological polar surface area (TPSA) is 51.8 Å². The van der Waals surface area contributed by atoms with E-state index in [4.69, 9.17) is 19.4 Å². The first-order chi connectivity index (χ1) is 24.3. The van der Waals surface area contributed by atoms with Crippen molar-refractivity contribution < 1.29 is 4.42 Å². The molecule has 0 N–H and O–H groups in total. The van der Waals surface area contributed by atoms with Gasteiger partial charge < -0.3 is 4.42 Å². The molecule has 0 radical (unpaired) electrons. The number of rotatable bonds is 4.